The van der Waals surface area contributed by atoms with Crippen molar-refractivity contribution in [1.29, 1.82) is 0 Å². The molecule has 2 atom stereocenters. The monoisotopic (exact) mass is 406 g/mol. The largest absolute Gasteiger partial charge is 0.383 e. The van der Waals surface area contributed by atoms with Crippen molar-refractivity contribution in [2.75, 3.05) is 24.4 Å². The molecule has 9 nitrogen and oxygen atoms in total. The molecule has 0 saturated carbocycles. The topological polar surface area (TPSA) is 110 Å². The summed E-state index contributed by atoms with van der Waals surface area (Å²) in [5, 5.41) is 15.0. The summed E-state index contributed by atoms with van der Waals surface area (Å²) in [4.78, 5) is 16.9. The van der Waals surface area contributed by atoms with Crippen molar-refractivity contribution in [3.05, 3.63) is 66.1 Å². The summed E-state index contributed by atoms with van der Waals surface area (Å²) in [5.41, 5.74) is 2.20. The third-order valence-electron chi connectivity index (χ3n) is 4.24. The molecule has 2 heterocycles. The lowest BCUT2D eigenvalue weighted by atomic mass is 10.1. The number of nitrogens with zero attached hydrogens (tertiary/aromatic N) is 6. The molecule has 156 valence electrons. The molecule has 30 heavy (non-hydrogen) atoms. The number of aromatic nitrogens is 4. The molecule has 2 aromatic heterocycles. The van der Waals surface area contributed by atoms with Crippen LogP contribution in [0.25, 0.3) is 0 Å². The fraction of sp³-hybridized carbons (Fsp3) is 0.333. The van der Waals surface area contributed by atoms with E-state index in [4.69, 9.17) is 4.74 Å². The summed E-state index contributed by atoms with van der Waals surface area (Å²) in [6, 6.07) is 11.7. The van der Waals surface area contributed by atoms with Gasteiger partial charge >= 0.3 is 0 Å². The summed E-state index contributed by atoms with van der Waals surface area (Å²) in [6.45, 7) is 5.21. The van der Waals surface area contributed by atoms with E-state index in [0.29, 0.717) is 30.9 Å². The van der Waals surface area contributed by atoms with Crippen molar-refractivity contribution >= 4 is 17.7 Å². The van der Waals surface area contributed by atoms with Gasteiger partial charge in [-0.3, -0.25) is 0 Å². The molecule has 0 saturated heterocycles. The molecule has 0 radical (unpaired) electrons. The summed E-state index contributed by atoms with van der Waals surface area (Å²) < 4.78 is 5.11. The van der Waals surface area contributed by atoms with Gasteiger partial charge in [0.15, 0.2) is 5.82 Å². The second kappa shape index (κ2) is 10.9. The number of methoxy groups -OCH3 is 1. The Bertz CT molecular complexity index is 933. The molecule has 9 heteroatoms. The Balaban J connectivity index is 1.56. The minimum atomic E-state index is -0.0942. The van der Waals surface area contributed by atoms with Crippen LogP contribution < -0.4 is 10.6 Å². The van der Waals surface area contributed by atoms with E-state index < -0.39 is 0 Å². The summed E-state index contributed by atoms with van der Waals surface area (Å²) in [7, 11) is 1.66. The second-order valence-corrected chi connectivity index (χ2v) is 6.80. The molecule has 3 aromatic rings. The molecule has 0 aliphatic rings. The van der Waals surface area contributed by atoms with Crippen molar-refractivity contribution in [1.82, 2.24) is 19.9 Å². The summed E-state index contributed by atoms with van der Waals surface area (Å²) >= 11 is 0. The van der Waals surface area contributed by atoms with Gasteiger partial charge in [-0.05, 0) is 31.0 Å². The van der Waals surface area contributed by atoms with Gasteiger partial charge in [-0.15, -0.1) is 5.11 Å². The van der Waals surface area contributed by atoms with Crippen molar-refractivity contribution in [2.45, 2.75) is 32.5 Å². The smallest absolute Gasteiger partial charge is 0.225 e. The highest BCUT2D eigenvalue weighted by Gasteiger charge is 2.06. The van der Waals surface area contributed by atoms with Crippen LogP contribution in [-0.4, -0.2) is 39.7 Å². The molecule has 0 fully saturated rings. The first-order valence-electron chi connectivity index (χ1n) is 9.73. The third kappa shape index (κ3) is 6.56. The van der Waals surface area contributed by atoms with Crippen molar-refractivity contribution < 1.29 is 4.74 Å². The number of benzene rings is 1. The maximum Gasteiger partial charge on any atom is 0.225 e. The van der Waals surface area contributed by atoms with E-state index in [1.807, 2.05) is 26.0 Å². The predicted octanol–water partition coefficient (Wildman–Crippen LogP) is 4.17. The Kier molecular flexibility index (Phi) is 7.73. The van der Waals surface area contributed by atoms with Gasteiger partial charge in [0.25, 0.3) is 0 Å². The van der Waals surface area contributed by atoms with E-state index in [0.717, 1.165) is 11.1 Å². The van der Waals surface area contributed by atoms with E-state index in [2.05, 4.69) is 52.9 Å². The van der Waals surface area contributed by atoms with Crippen LogP contribution in [0.1, 0.15) is 31.0 Å². The molecule has 2 unspecified atom stereocenters. The number of hydrogen-bond acceptors (Lipinski definition) is 9. The zero-order valence-corrected chi connectivity index (χ0v) is 17.4. The zero-order valence-electron chi connectivity index (χ0n) is 17.4. The first-order chi connectivity index (χ1) is 14.6. The Labute approximate surface area is 176 Å². The highest BCUT2D eigenvalue weighted by molar-refractivity contribution is 5.35. The quantitative estimate of drug-likeness (QED) is 0.486. The van der Waals surface area contributed by atoms with Gasteiger partial charge in [-0.2, -0.15) is 10.1 Å². The van der Waals surface area contributed by atoms with E-state index in [1.165, 1.54) is 0 Å². The summed E-state index contributed by atoms with van der Waals surface area (Å²) in [6.07, 6.45) is 5.08. The Morgan fingerprint density at radius 3 is 2.43 bits per heavy atom. The Morgan fingerprint density at radius 2 is 1.70 bits per heavy atom. The molecule has 0 aliphatic heterocycles. The molecule has 1 aromatic carbocycles. The summed E-state index contributed by atoms with van der Waals surface area (Å²) in [5.74, 6) is 1.62. The van der Waals surface area contributed by atoms with Crippen LogP contribution in [-0.2, 0) is 11.3 Å². The van der Waals surface area contributed by atoms with Gasteiger partial charge in [-0.1, -0.05) is 24.3 Å². The van der Waals surface area contributed by atoms with Crippen LogP contribution in [0.15, 0.2) is 65.2 Å². The molecule has 0 amide bonds. The fourth-order valence-electron chi connectivity index (χ4n) is 2.68. The van der Waals surface area contributed by atoms with Gasteiger partial charge in [0, 0.05) is 44.4 Å². The van der Waals surface area contributed by atoms with Crippen LogP contribution in [0.5, 0.6) is 0 Å². The normalized spacial score (nSPS) is 13.2. The third-order valence-corrected chi connectivity index (χ3v) is 4.24. The molecule has 0 bridgehead atoms. The number of hydrogen-bond donors (Lipinski definition) is 2. The SMILES string of the molecule is COCC(C)Nc1nccc(/N=N/C(C)c2ccc(CNc3ncccn3)cc2)n1. The van der Waals surface area contributed by atoms with Gasteiger partial charge in [-0.25, -0.2) is 15.0 Å². The maximum absolute atomic E-state index is 5.11. The Hall–Kier alpha value is -3.46. The highest BCUT2D eigenvalue weighted by atomic mass is 16.5. The lowest BCUT2D eigenvalue weighted by Gasteiger charge is -2.12. The van der Waals surface area contributed by atoms with E-state index >= 15 is 0 Å². The fourth-order valence-corrected chi connectivity index (χ4v) is 2.68. The van der Waals surface area contributed by atoms with Crippen molar-refractivity contribution in [3.8, 4) is 0 Å². The van der Waals surface area contributed by atoms with Crippen LogP contribution in [0.2, 0.25) is 0 Å². The standard InChI is InChI=1S/C21H26N8O/c1-15(14-30-3)26-21-24-12-9-19(27-21)29-28-16(2)18-7-5-17(6-8-18)13-25-20-22-10-4-11-23-20/h4-12,15-16H,13-14H2,1-3H3,(H,22,23,25)(H,24,26,27)/b29-28+. The van der Waals surface area contributed by atoms with Crippen molar-refractivity contribution in [2.24, 2.45) is 10.2 Å². The van der Waals surface area contributed by atoms with Crippen LogP contribution in [0.3, 0.4) is 0 Å². The van der Waals surface area contributed by atoms with Gasteiger partial charge in [0.2, 0.25) is 11.9 Å². The first kappa shape index (κ1) is 21.3. The zero-order chi connectivity index (χ0) is 21.2. The van der Waals surface area contributed by atoms with E-state index in [1.54, 1.807) is 37.8 Å². The lowest BCUT2D eigenvalue weighted by molar-refractivity contribution is 0.190. The molecule has 0 spiro atoms. The minimum absolute atomic E-state index is 0.0942. The second-order valence-electron chi connectivity index (χ2n) is 6.80. The predicted molar refractivity (Wildman–Crippen MR) is 116 cm³/mol. The van der Waals surface area contributed by atoms with Crippen LogP contribution >= 0.6 is 0 Å². The van der Waals surface area contributed by atoms with Crippen LogP contribution in [0.4, 0.5) is 17.7 Å². The average molecular weight is 406 g/mol. The maximum atomic E-state index is 5.11. The molecule has 0 aliphatic carbocycles. The lowest BCUT2D eigenvalue weighted by Crippen LogP contribution is -2.22. The highest BCUT2D eigenvalue weighted by Crippen LogP contribution is 2.20. The average Bonchev–Trinajstić information content (AvgIpc) is 2.77. The van der Waals surface area contributed by atoms with E-state index in [-0.39, 0.29) is 12.1 Å². The van der Waals surface area contributed by atoms with Gasteiger partial charge in [0.1, 0.15) is 0 Å². The van der Waals surface area contributed by atoms with Crippen LogP contribution in [0, 0.1) is 0 Å². The number of nitrogens with one attached hydrogen (secondary N) is 2. The first-order valence-corrected chi connectivity index (χ1v) is 9.73. The van der Waals surface area contributed by atoms with Crippen molar-refractivity contribution in [3.63, 3.8) is 0 Å². The van der Waals surface area contributed by atoms with Gasteiger partial charge < -0.3 is 15.4 Å². The number of ether oxygens (including phenoxy) is 1. The van der Waals surface area contributed by atoms with Gasteiger partial charge in [0.05, 0.1) is 12.6 Å². The number of anilines is 2. The number of azo groups is 1. The molecule has 3 rings (SSSR count). The molecular weight excluding hydrogens is 380 g/mol. The minimum Gasteiger partial charge on any atom is -0.383 e. The molecular formula is C21H26N8O. The number of rotatable bonds is 10. The Morgan fingerprint density at radius 1 is 0.967 bits per heavy atom. The van der Waals surface area contributed by atoms with E-state index in [9.17, 15) is 0 Å². The molecule has 2 N–H and O–H groups in total.